The summed E-state index contributed by atoms with van der Waals surface area (Å²) in [6.45, 7) is 4.73. The molecule has 7 nitrogen and oxygen atoms in total. The number of aromatic nitrogens is 3. The molecule has 3 N–H and O–H groups in total. The number of nitrogens with two attached hydrogens (primary N) is 1. The minimum Gasteiger partial charge on any atom is -0.391 e. The Morgan fingerprint density at radius 1 is 1.36 bits per heavy atom. The molecule has 132 valence electrons. The zero-order valence-corrected chi connectivity index (χ0v) is 14.5. The van der Waals surface area contributed by atoms with Crippen molar-refractivity contribution in [3.8, 4) is 0 Å². The van der Waals surface area contributed by atoms with Crippen molar-refractivity contribution in [1.29, 1.82) is 0 Å². The molecule has 2 atom stereocenters. The van der Waals surface area contributed by atoms with E-state index < -0.39 is 6.10 Å². The monoisotopic (exact) mass is 341 g/mol. The maximum absolute atomic E-state index is 12.8. The van der Waals surface area contributed by atoms with Crippen LogP contribution in [0.5, 0.6) is 0 Å². The lowest BCUT2D eigenvalue weighted by Gasteiger charge is -2.16. The molecular weight excluding hydrogens is 318 g/mol. The van der Waals surface area contributed by atoms with Crippen LogP contribution >= 0.6 is 0 Å². The fraction of sp³-hybridized carbons (Fsp3) is 0.444. The number of aliphatic hydroxyl groups is 1. The second-order valence-electron chi connectivity index (χ2n) is 6.75. The van der Waals surface area contributed by atoms with Crippen molar-refractivity contribution in [3.63, 3.8) is 0 Å². The molecule has 2 aromatic heterocycles. The minimum atomic E-state index is -0.574. The van der Waals surface area contributed by atoms with Crippen LogP contribution in [0.4, 0.5) is 5.95 Å². The van der Waals surface area contributed by atoms with E-state index in [9.17, 15) is 9.90 Å². The molecule has 3 heterocycles. The molecule has 0 bridgehead atoms. The van der Waals surface area contributed by atoms with E-state index in [2.05, 4.69) is 15.0 Å². The van der Waals surface area contributed by atoms with Crippen LogP contribution in [-0.2, 0) is 6.42 Å². The van der Waals surface area contributed by atoms with E-state index in [0.717, 1.165) is 11.4 Å². The summed E-state index contributed by atoms with van der Waals surface area (Å²) in [6, 6.07) is 7.39. The third-order valence-electron chi connectivity index (χ3n) is 4.47. The Balaban J connectivity index is 1.73. The number of hydrogen-bond acceptors (Lipinski definition) is 6. The van der Waals surface area contributed by atoms with E-state index in [1.165, 1.54) is 0 Å². The lowest BCUT2D eigenvalue weighted by Crippen LogP contribution is -2.30. The van der Waals surface area contributed by atoms with Gasteiger partial charge in [0.2, 0.25) is 5.95 Å². The molecule has 7 heteroatoms. The highest BCUT2D eigenvalue weighted by Gasteiger charge is 2.35. The fourth-order valence-corrected chi connectivity index (χ4v) is 3.06. The van der Waals surface area contributed by atoms with Crippen molar-refractivity contribution < 1.29 is 9.90 Å². The van der Waals surface area contributed by atoms with Gasteiger partial charge in [-0.05, 0) is 30.5 Å². The van der Waals surface area contributed by atoms with Gasteiger partial charge in [-0.3, -0.25) is 9.78 Å². The molecule has 0 spiro atoms. The summed E-state index contributed by atoms with van der Waals surface area (Å²) in [5.74, 6) is -0.0153. The van der Waals surface area contributed by atoms with Crippen molar-refractivity contribution in [2.45, 2.75) is 32.3 Å². The number of pyridine rings is 1. The summed E-state index contributed by atoms with van der Waals surface area (Å²) in [7, 11) is 0. The standard InChI is InChI=1S/C18H23N5O2/c1-11(2)14-8-15(22-18(19)21-14)17(25)23-9-12(16(24)10-23)7-13-5-3-4-6-20-13/h3-6,8,11-12,16,24H,7,9-10H2,1-2H3,(H2,19,21,22)/t12-,16-/m1/s1. The maximum atomic E-state index is 12.8. The van der Waals surface area contributed by atoms with Gasteiger partial charge in [-0.2, -0.15) is 0 Å². The fourth-order valence-electron chi connectivity index (χ4n) is 3.06. The number of carbonyl (C=O) groups excluding carboxylic acids is 1. The summed E-state index contributed by atoms with van der Waals surface area (Å²) in [5, 5.41) is 10.3. The predicted molar refractivity (Wildman–Crippen MR) is 93.9 cm³/mol. The van der Waals surface area contributed by atoms with Gasteiger partial charge >= 0.3 is 0 Å². The molecule has 1 amide bonds. The molecule has 2 aromatic rings. The van der Waals surface area contributed by atoms with Gasteiger partial charge in [-0.25, -0.2) is 9.97 Å². The molecule has 1 aliphatic heterocycles. The molecule has 0 unspecified atom stereocenters. The Labute approximate surface area is 146 Å². The van der Waals surface area contributed by atoms with Crippen molar-refractivity contribution in [3.05, 3.63) is 47.5 Å². The molecule has 3 rings (SSSR count). The molecule has 1 saturated heterocycles. The maximum Gasteiger partial charge on any atom is 0.272 e. The van der Waals surface area contributed by atoms with Crippen molar-refractivity contribution in [2.75, 3.05) is 18.8 Å². The van der Waals surface area contributed by atoms with Gasteiger partial charge in [-0.15, -0.1) is 0 Å². The van der Waals surface area contributed by atoms with Crippen molar-refractivity contribution in [1.82, 2.24) is 19.9 Å². The molecular formula is C18H23N5O2. The van der Waals surface area contributed by atoms with Gasteiger partial charge in [0.25, 0.3) is 5.91 Å². The molecule has 25 heavy (non-hydrogen) atoms. The van der Waals surface area contributed by atoms with E-state index >= 15 is 0 Å². The first-order chi connectivity index (χ1) is 11.9. The molecule has 0 aliphatic carbocycles. The summed E-state index contributed by atoms with van der Waals surface area (Å²) < 4.78 is 0. The van der Waals surface area contributed by atoms with E-state index in [1.807, 2.05) is 32.0 Å². The number of carbonyl (C=O) groups is 1. The van der Waals surface area contributed by atoms with Crippen LogP contribution in [0.15, 0.2) is 30.5 Å². The lowest BCUT2D eigenvalue weighted by molar-refractivity contribution is 0.0758. The number of likely N-dealkylation sites (tertiary alicyclic amines) is 1. The van der Waals surface area contributed by atoms with E-state index in [1.54, 1.807) is 17.2 Å². The van der Waals surface area contributed by atoms with Gasteiger partial charge in [0, 0.05) is 36.6 Å². The highest BCUT2D eigenvalue weighted by Crippen LogP contribution is 2.23. The Bertz CT molecular complexity index is 750. The number of rotatable bonds is 4. The topological polar surface area (TPSA) is 105 Å². The molecule has 0 aromatic carbocycles. The average Bonchev–Trinajstić information content (AvgIpc) is 2.95. The number of β-amino-alcohol motifs (C(OH)–C–C–N with tert-alkyl or cyclic N) is 1. The number of amides is 1. The smallest absolute Gasteiger partial charge is 0.272 e. The number of aliphatic hydroxyl groups excluding tert-OH is 1. The van der Waals surface area contributed by atoms with Crippen LogP contribution in [0.25, 0.3) is 0 Å². The summed E-state index contributed by atoms with van der Waals surface area (Å²) in [6.07, 6.45) is 1.79. The number of nitrogen functional groups attached to an aromatic ring is 1. The van der Waals surface area contributed by atoms with Gasteiger partial charge in [0.15, 0.2) is 0 Å². The number of hydrogen-bond donors (Lipinski definition) is 2. The largest absolute Gasteiger partial charge is 0.391 e. The Kier molecular flexibility index (Phi) is 4.94. The summed E-state index contributed by atoms with van der Waals surface area (Å²) >= 11 is 0. The number of anilines is 1. The van der Waals surface area contributed by atoms with Crippen LogP contribution < -0.4 is 5.73 Å². The number of nitrogens with zero attached hydrogens (tertiary/aromatic N) is 4. The third-order valence-corrected chi connectivity index (χ3v) is 4.47. The quantitative estimate of drug-likeness (QED) is 0.867. The molecule has 1 fully saturated rings. The van der Waals surface area contributed by atoms with Crippen LogP contribution in [0.2, 0.25) is 0 Å². The average molecular weight is 341 g/mol. The van der Waals surface area contributed by atoms with Crippen molar-refractivity contribution >= 4 is 11.9 Å². The van der Waals surface area contributed by atoms with Crippen LogP contribution in [-0.4, -0.2) is 50.1 Å². The molecule has 1 aliphatic rings. The highest BCUT2D eigenvalue weighted by atomic mass is 16.3. The normalized spacial score (nSPS) is 20.2. The highest BCUT2D eigenvalue weighted by molar-refractivity contribution is 5.93. The second kappa shape index (κ2) is 7.14. The zero-order valence-electron chi connectivity index (χ0n) is 14.5. The van der Waals surface area contributed by atoms with Gasteiger partial charge in [-0.1, -0.05) is 19.9 Å². The zero-order chi connectivity index (χ0) is 18.0. The minimum absolute atomic E-state index is 0.0393. The Morgan fingerprint density at radius 2 is 2.16 bits per heavy atom. The van der Waals surface area contributed by atoms with E-state index in [4.69, 9.17) is 5.73 Å². The third kappa shape index (κ3) is 3.93. The Hall–Kier alpha value is -2.54. The van der Waals surface area contributed by atoms with E-state index in [0.29, 0.717) is 13.0 Å². The molecule has 0 radical (unpaired) electrons. The SMILES string of the molecule is CC(C)c1cc(C(=O)N2C[C@@H](Cc3ccccn3)[C@H](O)C2)nc(N)n1. The second-order valence-corrected chi connectivity index (χ2v) is 6.75. The lowest BCUT2D eigenvalue weighted by atomic mass is 10.00. The van der Waals surface area contributed by atoms with Gasteiger partial charge in [0.05, 0.1) is 6.10 Å². The molecule has 0 saturated carbocycles. The first kappa shape index (κ1) is 17.3. The predicted octanol–water partition coefficient (Wildman–Crippen LogP) is 1.25. The van der Waals surface area contributed by atoms with Crippen LogP contribution in [0, 0.1) is 5.92 Å². The van der Waals surface area contributed by atoms with Crippen LogP contribution in [0.1, 0.15) is 41.6 Å². The van der Waals surface area contributed by atoms with E-state index in [-0.39, 0.29) is 35.9 Å². The summed E-state index contributed by atoms with van der Waals surface area (Å²) in [4.78, 5) is 26.9. The summed E-state index contributed by atoms with van der Waals surface area (Å²) in [5.41, 5.74) is 7.67. The first-order valence-electron chi connectivity index (χ1n) is 8.45. The van der Waals surface area contributed by atoms with Crippen LogP contribution in [0.3, 0.4) is 0 Å². The Morgan fingerprint density at radius 3 is 2.84 bits per heavy atom. The van der Waals surface area contributed by atoms with Gasteiger partial charge < -0.3 is 15.7 Å². The van der Waals surface area contributed by atoms with Crippen molar-refractivity contribution in [2.24, 2.45) is 5.92 Å². The van der Waals surface area contributed by atoms with Gasteiger partial charge in [0.1, 0.15) is 5.69 Å². The first-order valence-corrected chi connectivity index (χ1v) is 8.45.